The molecule has 1 saturated heterocycles. The predicted molar refractivity (Wildman–Crippen MR) is 95.4 cm³/mol. The summed E-state index contributed by atoms with van der Waals surface area (Å²) in [6, 6.07) is 11.8. The summed E-state index contributed by atoms with van der Waals surface area (Å²) in [7, 11) is 0. The van der Waals surface area contributed by atoms with Crippen LogP contribution < -0.4 is 9.47 Å². The van der Waals surface area contributed by atoms with Crippen LogP contribution in [0.3, 0.4) is 0 Å². The Morgan fingerprint density at radius 2 is 2.00 bits per heavy atom. The lowest BCUT2D eigenvalue weighted by Gasteiger charge is -2.09. The highest BCUT2D eigenvalue weighted by Gasteiger charge is 2.29. The van der Waals surface area contributed by atoms with E-state index >= 15 is 0 Å². The quantitative estimate of drug-likeness (QED) is 0.463. The van der Waals surface area contributed by atoms with E-state index in [1.807, 2.05) is 0 Å². The molecular weight excluding hydrogens is 356 g/mol. The van der Waals surface area contributed by atoms with E-state index in [1.165, 1.54) is 0 Å². The van der Waals surface area contributed by atoms with E-state index in [1.54, 1.807) is 48.5 Å². The standard InChI is InChI=1S/C20H15ClO5/c21-13-5-3-12(4-6-13)10-18-19(22)15-8-7-14(11-17(15)26-18)25-20(23)16-2-1-9-24-16/h3-8,10-11,16H,1-2,9H2/b18-10-. The summed E-state index contributed by atoms with van der Waals surface area (Å²) in [5, 5.41) is 0.617. The van der Waals surface area contributed by atoms with Gasteiger partial charge < -0.3 is 14.2 Å². The summed E-state index contributed by atoms with van der Waals surface area (Å²) in [4.78, 5) is 24.5. The molecule has 5 nitrogen and oxygen atoms in total. The number of hydrogen-bond donors (Lipinski definition) is 0. The molecule has 2 aromatic carbocycles. The van der Waals surface area contributed by atoms with Crippen molar-refractivity contribution in [2.45, 2.75) is 18.9 Å². The molecule has 0 aliphatic carbocycles. The zero-order valence-electron chi connectivity index (χ0n) is 13.7. The lowest BCUT2D eigenvalue weighted by atomic mass is 10.1. The van der Waals surface area contributed by atoms with E-state index in [2.05, 4.69) is 0 Å². The molecule has 6 heteroatoms. The average molecular weight is 371 g/mol. The fourth-order valence-corrected chi connectivity index (χ4v) is 3.01. The van der Waals surface area contributed by atoms with E-state index in [0.717, 1.165) is 12.0 Å². The maximum Gasteiger partial charge on any atom is 0.340 e. The molecule has 4 rings (SSSR count). The zero-order chi connectivity index (χ0) is 18.1. The van der Waals surface area contributed by atoms with Crippen LogP contribution in [0.2, 0.25) is 5.02 Å². The monoisotopic (exact) mass is 370 g/mol. The van der Waals surface area contributed by atoms with Crippen molar-refractivity contribution in [3.05, 3.63) is 64.4 Å². The van der Waals surface area contributed by atoms with Gasteiger partial charge in [-0.15, -0.1) is 0 Å². The van der Waals surface area contributed by atoms with Crippen molar-refractivity contribution < 1.29 is 23.8 Å². The Bertz CT molecular complexity index is 895. The smallest absolute Gasteiger partial charge is 0.340 e. The third-order valence-electron chi connectivity index (χ3n) is 4.22. The molecule has 0 N–H and O–H groups in total. The van der Waals surface area contributed by atoms with Gasteiger partial charge in [-0.25, -0.2) is 4.79 Å². The molecule has 2 aromatic rings. The number of halogens is 1. The zero-order valence-corrected chi connectivity index (χ0v) is 14.5. The first-order valence-corrected chi connectivity index (χ1v) is 8.65. The van der Waals surface area contributed by atoms with Crippen molar-refractivity contribution in [1.29, 1.82) is 0 Å². The lowest BCUT2D eigenvalue weighted by Crippen LogP contribution is -2.24. The van der Waals surface area contributed by atoms with Crippen LogP contribution in [0.1, 0.15) is 28.8 Å². The maximum absolute atomic E-state index is 12.5. The van der Waals surface area contributed by atoms with Crippen LogP contribution in [0.5, 0.6) is 11.5 Å². The maximum atomic E-state index is 12.5. The lowest BCUT2D eigenvalue weighted by molar-refractivity contribution is -0.144. The second kappa shape index (κ2) is 6.94. The molecule has 0 radical (unpaired) electrons. The molecule has 0 bridgehead atoms. The Morgan fingerprint density at radius 3 is 2.73 bits per heavy atom. The highest BCUT2D eigenvalue weighted by Crippen LogP contribution is 2.35. The number of rotatable bonds is 3. The molecule has 132 valence electrons. The number of benzene rings is 2. The summed E-state index contributed by atoms with van der Waals surface area (Å²) >= 11 is 5.87. The van der Waals surface area contributed by atoms with Crippen LogP contribution in [-0.4, -0.2) is 24.5 Å². The van der Waals surface area contributed by atoms with Gasteiger partial charge in [-0.3, -0.25) is 4.79 Å². The number of fused-ring (bicyclic) bond motifs is 1. The van der Waals surface area contributed by atoms with Gasteiger partial charge in [0.1, 0.15) is 11.5 Å². The second-order valence-electron chi connectivity index (χ2n) is 6.07. The minimum atomic E-state index is -0.522. The predicted octanol–water partition coefficient (Wildman–Crippen LogP) is 4.04. The first-order chi connectivity index (χ1) is 12.6. The number of hydrogen-bond acceptors (Lipinski definition) is 5. The number of ketones is 1. The van der Waals surface area contributed by atoms with Crippen LogP contribution >= 0.6 is 11.6 Å². The Hall–Kier alpha value is -2.63. The van der Waals surface area contributed by atoms with Crippen molar-refractivity contribution in [3.63, 3.8) is 0 Å². The van der Waals surface area contributed by atoms with Crippen LogP contribution in [-0.2, 0) is 9.53 Å². The van der Waals surface area contributed by atoms with E-state index in [0.29, 0.717) is 35.1 Å². The molecule has 2 aliphatic heterocycles. The normalized spacial score (nSPS) is 20.1. The van der Waals surface area contributed by atoms with Gasteiger partial charge in [-0.05, 0) is 48.7 Å². The van der Waals surface area contributed by atoms with Crippen LogP contribution in [0.25, 0.3) is 6.08 Å². The minimum absolute atomic E-state index is 0.213. The molecule has 2 heterocycles. The Labute approximate surface area is 155 Å². The van der Waals surface area contributed by atoms with Gasteiger partial charge in [0.05, 0.1) is 5.56 Å². The van der Waals surface area contributed by atoms with Crippen LogP contribution in [0.15, 0.2) is 48.2 Å². The van der Waals surface area contributed by atoms with Crippen molar-refractivity contribution >= 4 is 29.4 Å². The van der Waals surface area contributed by atoms with Gasteiger partial charge in [0.25, 0.3) is 0 Å². The number of Topliss-reactive ketones (excluding diaryl/α,β-unsaturated/α-hetero) is 1. The van der Waals surface area contributed by atoms with Gasteiger partial charge >= 0.3 is 5.97 Å². The number of esters is 1. The van der Waals surface area contributed by atoms with Crippen LogP contribution in [0, 0.1) is 0 Å². The molecule has 1 fully saturated rings. The first-order valence-electron chi connectivity index (χ1n) is 8.27. The van der Waals surface area contributed by atoms with Crippen molar-refractivity contribution in [2.24, 2.45) is 0 Å². The van der Waals surface area contributed by atoms with Gasteiger partial charge in [-0.2, -0.15) is 0 Å². The molecule has 26 heavy (non-hydrogen) atoms. The molecule has 0 spiro atoms. The number of carbonyl (C=O) groups is 2. The summed E-state index contributed by atoms with van der Waals surface area (Å²) in [6.07, 6.45) is 2.63. The van der Waals surface area contributed by atoms with E-state index in [9.17, 15) is 9.59 Å². The average Bonchev–Trinajstić information content (AvgIpc) is 3.26. The summed E-state index contributed by atoms with van der Waals surface area (Å²) in [6.45, 7) is 0.570. The SMILES string of the molecule is O=C1/C(=C/c2ccc(Cl)cc2)Oc2cc(OC(=O)C3CCCO3)ccc21. The molecule has 1 atom stereocenters. The Kier molecular flexibility index (Phi) is 4.49. The number of carbonyl (C=O) groups excluding carboxylic acids is 2. The Morgan fingerprint density at radius 1 is 1.19 bits per heavy atom. The summed E-state index contributed by atoms with van der Waals surface area (Å²) in [5.41, 5.74) is 1.23. The van der Waals surface area contributed by atoms with Crippen LogP contribution in [0.4, 0.5) is 0 Å². The minimum Gasteiger partial charge on any atom is -0.452 e. The third kappa shape index (κ3) is 3.36. The van der Waals surface area contributed by atoms with Gasteiger partial charge in [0, 0.05) is 17.7 Å². The molecular formula is C20H15ClO5. The van der Waals surface area contributed by atoms with Crippen molar-refractivity contribution in [3.8, 4) is 11.5 Å². The molecule has 2 aliphatic rings. The molecule has 0 aromatic heterocycles. The van der Waals surface area contributed by atoms with Gasteiger partial charge in [0.15, 0.2) is 11.9 Å². The third-order valence-corrected chi connectivity index (χ3v) is 4.47. The molecule has 0 saturated carbocycles. The largest absolute Gasteiger partial charge is 0.452 e. The highest BCUT2D eigenvalue weighted by molar-refractivity contribution is 6.30. The first kappa shape index (κ1) is 16.8. The summed E-state index contributed by atoms with van der Waals surface area (Å²) in [5.74, 6) is 0.262. The topological polar surface area (TPSA) is 61.8 Å². The molecule has 0 amide bonds. The van der Waals surface area contributed by atoms with E-state index in [4.69, 9.17) is 25.8 Å². The fraction of sp³-hybridized carbons (Fsp3) is 0.200. The van der Waals surface area contributed by atoms with Gasteiger partial charge in [-0.1, -0.05) is 23.7 Å². The number of ether oxygens (including phenoxy) is 3. The molecule has 1 unspecified atom stereocenters. The Balaban J connectivity index is 1.52. The highest BCUT2D eigenvalue weighted by atomic mass is 35.5. The number of allylic oxidation sites excluding steroid dienone is 1. The second-order valence-corrected chi connectivity index (χ2v) is 6.51. The van der Waals surface area contributed by atoms with Crippen molar-refractivity contribution in [1.82, 2.24) is 0 Å². The fourth-order valence-electron chi connectivity index (χ4n) is 2.89. The van der Waals surface area contributed by atoms with E-state index < -0.39 is 12.1 Å². The van der Waals surface area contributed by atoms with Gasteiger partial charge in [0.2, 0.25) is 5.78 Å². The van der Waals surface area contributed by atoms with E-state index in [-0.39, 0.29) is 11.5 Å². The van der Waals surface area contributed by atoms with Crippen molar-refractivity contribution in [2.75, 3.05) is 6.61 Å². The summed E-state index contributed by atoms with van der Waals surface area (Å²) < 4.78 is 16.3.